The molecule has 0 fully saturated rings. The van der Waals surface area contributed by atoms with Crippen LogP contribution in [0.15, 0.2) is 24.2 Å². The molecule has 0 saturated carbocycles. The van der Waals surface area contributed by atoms with Gasteiger partial charge in [-0.15, -0.1) is 0 Å². The van der Waals surface area contributed by atoms with Gasteiger partial charge in [-0.3, -0.25) is 0 Å². The minimum absolute atomic E-state index is 0.132. The van der Waals surface area contributed by atoms with E-state index in [0.29, 0.717) is 5.56 Å². The van der Waals surface area contributed by atoms with Gasteiger partial charge in [-0.25, -0.2) is 9.03 Å². The summed E-state index contributed by atoms with van der Waals surface area (Å²) >= 11 is 0. The third-order valence-corrected chi connectivity index (χ3v) is 3.65. The van der Waals surface area contributed by atoms with Crippen molar-refractivity contribution in [1.82, 2.24) is 4.72 Å². The first kappa shape index (κ1) is 11.6. The molecule has 92 valence electrons. The van der Waals surface area contributed by atoms with Crippen molar-refractivity contribution in [3.8, 4) is 5.75 Å². The molecule has 0 aliphatic carbocycles. The van der Waals surface area contributed by atoms with Gasteiger partial charge in [-0.05, 0) is 31.0 Å². The number of aliphatic hydroxyl groups excluding tert-OH is 1. The molecule has 0 aromatic heterocycles. The number of anilines is 1. The van der Waals surface area contributed by atoms with E-state index < -0.39 is 16.1 Å². The van der Waals surface area contributed by atoms with Crippen LogP contribution >= 0.6 is 0 Å². The first-order chi connectivity index (χ1) is 7.81. The Kier molecular flexibility index (Phi) is 2.43. The fourth-order valence-electron chi connectivity index (χ4n) is 1.80. The minimum atomic E-state index is -3.87. The normalized spacial score (nSPS) is 17.8. The predicted molar refractivity (Wildman–Crippen MR) is 62.8 cm³/mol. The number of benzene rings is 1. The van der Waals surface area contributed by atoms with E-state index in [1.165, 1.54) is 6.07 Å². The molecule has 1 heterocycles. The predicted octanol–water partition coefficient (Wildman–Crippen LogP) is 1.02. The van der Waals surface area contributed by atoms with Crippen LogP contribution in [0.4, 0.5) is 5.69 Å². The van der Waals surface area contributed by atoms with Crippen LogP contribution in [0.1, 0.15) is 11.1 Å². The van der Waals surface area contributed by atoms with Gasteiger partial charge in [0.2, 0.25) is 5.88 Å². The SMILES string of the molecule is Cc1cc(C)c(N2C=C(O)NS2(=O)=O)c(O)c1. The molecule has 2 rings (SSSR count). The molecule has 0 bridgehead atoms. The quantitative estimate of drug-likeness (QED) is 0.699. The van der Waals surface area contributed by atoms with Crippen LogP contribution in [0.25, 0.3) is 0 Å². The van der Waals surface area contributed by atoms with E-state index in [0.717, 1.165) is 16.1 Å². The number of rotatable bonds is 1. The van der Waals surface area contributed by atoms with Crippen LogP contribution in [0.3, 0.4) is 0 Å². The van der Waals surface area contributed by atoms with Crippen molar-refractivity contribution in [2.75, 3.05) is 4.31 Å². The highest BCUT2D eigenvalue weighted by Gasteiger charge is 2.31. The van der Waals surface area contributed by atoms with Crippen molar-refractivity contribution in [3.63, 3.8) is 0 Å². The average Bonchev–Trinajstić information content (AvgIpc) is 2.37. The molecule has 0 spiro atoms. The second kappa shape index (κ2) is 3.56. The van der Waals surface area contributed by atoms with Crippen LogP contribution in [-0.2, 0) is 10.2 Å². The molecule has 1 aliphatic heterocycles. The van der Waals surface area contributed by atoms with Crippen molar-refractivity contribution in [2.45, 2.75) is 13.8 Å². The Hall–Kier alpha value is -1.89. The molecular weight excluding hydrogens is 244 g/mol. The maximum atomic E-state index is 11.7. The number of aryl methyl sites for hydroxylation is 2. The molecule has 1 aromatic rings. The summed E-state index contributed by atoms with van der Waals surface area (Å²) < 4.78 is 26.0. The molecule has 7 heteroatoms. The van der Waals surface area contributed by atoms with Gasteiger partial charge in [0.25, 0.3) is 0 Å². The summed E-state index contributed by atoms with van der Waals surface area (Å²) in [6, 6.07) is 3.20. The third-order valence-electron chi connectivity index (χ3n) is 2.38. The van der Waals surface area contributed by atoms with E-state index in [2.05, 4.69) is 0 Å². The molecule has 0 atom stereocenters. The lowest BCUT2D eigenvalue weighted by atomic mass is 10.1. The zero-order valence-corrected chi connectivity index (χ0v) is 10.1. The summed E-state index contributed by atoms with van der Waals surface area (Å²) in [5, 5.41) is 19.0. The van der Waals surface area contributed by atoms with Crippen molar-refractivity contribution < 1.29 is 18.6 Å². The zero-order chi connectivity index (χ0) is 12.8. The van der Waals surface area contributed by atoms with Crippen LogP contribution < -0.4 is 9.03 Å². The van der Waals surface area contributed by atoms with Gasteiger partial charge in [0, 0.05) is 0 Å². The zero-order valence-electron chi connectivity index (χ0n) is 9.30. The monoisotopic (exact) mass is 256 g/mol. The summed E-state index contributed by atoms with van der Waals surface area (Å²) in [4.78, 5) is 0. The topological polar surface area (TPSA) is 89.9 Å². The lowest BCUT2D eigenvalue weighted by Gasteiger charge is -2.18. The molecular formula is C10H12N2O4S. The molecule has 6 nitrogen and oxygen atoms in total. The Morgan fingerprint density at radius 1 is 1.24 bits per heavy atom. The van der Waals surface area contributed by atoms with E-state index in [9.17, 15) is 18.6 Å². The van der Waals surface area contributed by atoms with Gasteiger partial charge in [0.15, 0.2) is 0 Å². The molecule has 0 amide bonds. The summed E-state index contributed by atoms with van der Waals surface area (Å²) in [6.45, 7) is 3.47. The average molecular weight is 256 g/mol. The molecule has 1 aromatic carbocycles. The van der Waals surface area contributed by atoms with E-state index in [1.54, 1.807) is 19.9 Å². The fraction of sp³-hybridized carbons (Fsp3) is 0.200. The first-order valence-electron chi connectivity index (χ1n) is 4.84. The Balaban J connectivity index is 2.63. The number of hydrogen-bond acceptors (Lipinski definition) is 4. The number of phenols is 1. The number of nitrogens with one attached hydrogen (secondary N) is 1. The van der Waals surface area contributed by atoms with E-state index >= 15 is 0 Å². The van der Waals surface area contributed by atoms with Gasteiger partial charge in [0.05, 0.1) is 6.20 Å². The smallest absolute Gasteiger partial charge is 0.330 e. The van der Waals surface area contributed by atoms with Crippen LogP contribution in [0.2, 0.25) is 0 Å². The Bertz CT molecular complexity index is 584. The largest absolute Gasteiger partial charge is 0.506 e. The third kappa shape index (κ3) is 1.89. The second-order valence-corrected chi connectivity index (χ2v) is 5.41. The van der Waals surface area contributed by atoms with Gasteiger partial charge < -0.3 is 10.2 Å². The number of aliphatic hydroxyl groups is 1. The highest BCUT2D eigenvalue weighted by atomic mass is 32.2. The number of hydrogen-bond donors (Lipinski definition) is 3. The van der Waals surface area contributed by atoms with E-state index in [4.69, 9.17) is 0 Å². The van der Waals surface area contributed by atoms with Gasteiger partial charge >= 0.3 is 10.2 Å². The van der Waals surface area contributed by atoms with E-state index in [1.807, 2.05) is 4.72 Å². The maximum absolute atomic E-state index is 11.7. The van der Waals surface area contributed by atoms with Crippen molar-refractivity contribution >= 4 is 15.9 Å². The van der Waals surface area contributed by atoms with Crippen LogP contribution in [0, 0.1) is 13.8 Å². The fourth-order valence-corrected chi connectivity index (χ4v) is 2.93. The Labute approximate surface area is 99.0 Å². The van der Waals surface area contributed by atoms with Gasteiger partial charge in [-0.2, -0.15) is 8.42 Å². The Morgan fingerprint density at radius 3 is 2.35 bits per heavy atom. The molecule has 3 N–H and O–H groups in total. The maximum Gasteiger partial charge on any atom is 0.330 e. The summed E-state index contributed by atoms with van der Waals surface area (Å²) in [5.41, 5.74) is 1.55. The van der Waals surface area contributed by atoms with Crippen LogP contribution in [0.5, 0.6) is 5.75 Å². The lowest BCUT2D eigenvalue weighted by Crippen LogP contribution is -2.30. The molecule has 17 heavy (non-hydrogen) atoms. The number of aromatic hydroxyl groups is 1. The summed E-state index contributed by atoms with van der Waals surface area (Å²) in [6.07, 6.45) is 1.01. The molecule has 1 aliphatic rings. The molecule has 0 unspecified atom stereocenters. The minimum Gasteiger partial charge on any atom is -0.506 e. The summed E-state index contributed by atoms with van der Waals surface area (Å²) in [7, 11) is -3.87. The first-order valence-corrected chi connectivity index (χ1v) is 6.28. The van der Waals surface area contributed by atoms with Crippen molar-refractivity contribution in [3.05, 3.63) is 35.3 Å². The van der Waals surface area contributed by atoms with Crippen molar-refractivity contribution in [2.24, 2.45) is 0 Å². The van der Waals surface area contributed by atoms with Crippen molar-refractivity contribution in [1.29, 1.82) is 0 Å². The highest BCUT2D eigenvalue weighted by Crippen LogP contribution is 2.35. The number of phenolic OH excluding ortho intramolecular Hbond substituents is 1. The number of nitrogens with zero attached hydrogens (tertiary/aromatic N) is 1. The summed E-state index contributed by atoms with van der Waals surface area (Å²) in [5.74, 6) is -0.636. The second-order valence-electron chi connectivity index (χ2n) is 3.87. The van der Waals surface area contributed by atoms with E-state index in [-0.39, 0.29) is 11.4 Å². The van der Waals surface area contributed by atoms with Gasteiger partial charge in [0.1, 0.15) is 11.4 Å². The lowest BCUT2D eigenvalue weighted by molar-refractivity contribution is 0.392. The Morgan fingerprint density at radius 2 is 1.88 bits per heavy atom. The van der Waals surface area contributed by atoms with Gasteiger partial charge in [-0.1, -0.05) is 6.07 Å². The van der Waals surface area contributed by atoms with Crippen LogP contribution in [-0.4, -0.2) is 18.6 Å². The standard InChI is InChI=1S/C10H12N2O4S/c1-6-3-7(2)10(8(13)4-6)12-5-9(14)11-17(12,15)16/h3-5,11,13-14H,1-2H3. The molecule has 0 saturated heterocycles. The highest BCUT2D eigenvalue weighted by molar-refractivity contribution is 7.91. The molecule has 0 radical (unpaired) electrons.